The van der Waals surface area contributed by atoms with Crippen LogP contribution < -0.4 is 5.32 Å². The minimum atomic E-state index is -0.864. The average Bonchev–Trinajstić information content (AvgIpc) is 2.73. The first-order valence-electron chi connectivity index (χ1n) is 9.07. The number of carbonyl (C=O) groups is 2. The molecule has 1 amide bonds. The van der Waals surface area contributed by atoms with Crippen LogP contribution in [0.2, 0.25) is 0 Å². The molecule has 0 unspecified atom stereocenters. The molecule has 1 N–H and O–H groups in total. The number of amides is 1. The highest BCUT2D eigenvalue weighted by atomic mass is 16.5. The van der Waals surface area contributed by atoms with Crippen LogP contribution in [0, 0.1) is 0 Å². The molecule has 0 aromatic heterocycles. The van der Waals surface area contributed by atoms with Crippen LogP contribution in [0.4, 0.5) is 4.79 Å². The van der Waals surface area contributed by atoms with Gasteiger partial charge in [-0.2, -0.15) is 0 Å². The highest BCUT2D eigenvalue weighted by molar-refractivity contribution is 5.85. The molecule has 0 aliphatic heterocycles. The molecule has 0 spiro atoms. The van der Waals surface area contributed by atoms with E-state index in [9.17, 15) is 9.59 Å². The van der Waals surface area contributed by atoms with Gasteiger partial charge < -0.3 is 9.47 Å². The maximum Gasteiger partial charge on any atom is 0.412 e. The van der Waals surface area contributed by atoms with Gasteiger partial charge in [0.1, 0.15) is 6.61 Å². The normalized spacial score (nSPS) is 11.3. The first kappa shape index (κ1) is 21.7. The Hall–Kier alpha value is -3.63. The molecule has 6 heteroatoms. The summed E-state index contributed by atoms with van der Waals surface area (Å²) in [5.41, 5.74) is 5.62. The first-order valence-corrected chi connectivity index (χ1v) is 9.07. The van der Waals surface area contributed by atoms with Gasteiger partial charge in [0.25, 0.3) is 0 Å². The molecule has 0 heterocycles. The van der Waals surface area contributed by atoms with Gasteiger partial charge in [-0.25, -0.2) is 9.59 Å². The lowest BCUT2D eigenvalue weighted by molar-refractivity contribution is -0.141. The summed E-state index contributed by atoms with van der Waals surface area (Å²) in [5, 5.41) is 2.59. The Kier molecular flexibility index (Phi) is 8.42. The molecule has 29 heavy (non-hydrogen) atoms. The number of esters is 1. The van der Waals surface area contributed by atoms with E-state index >= 15 is 0 Å². The third-order valence-corrected chi connectivity index (χ3v) is 3.89. The molecular weight excluding hydrogens is 368 g/mol. The van der Waals surface area contributed by atoms with Gasteiger partial charge in [-0.3, -0.25) is 10.3 Å². The molecule has 0 radical (unpaired) electrons. The maximum absolute atomic E-state index is 12.1. The molecule has 2 aromatic rings. The second kappa shape index (κ2) is 11.3. The number of ether oxygens (including phenoxy) is 2. The fourth-order valence-electron chi connectivity index (χ4n) is 2.47. The van der Waals surface area contributed by atoms with Crippen LogP contribution in [0.25, 0.3) is 0 Å². The van der Waals surface area contributed by atoms with Crippen molar-refractivity contribution >= 4 is 18.3 Å². The quantitative estimate of drug-likeness (QED) is 0.439. The summed E-state index contributed by atoms with van der Waals surface area (Å²) in [6.45, 7) is 3.52. The minimum Gasteiger partial charge on any atom is -0.467 e. The predicted molar refractivity (Wildman–Crippen MR) is 111 cm³/mol. The summed E-state index contributed by atoms with van der Waals surface area (Å²) in [4.78, 5) is 28.4. The largest absolute Gasteiger partial charge is 0.467 e. The highest BCUT2D eigenvalue weighted by Gasteiger charge is 2.19. The number of rotatable bonds is 7. The van der Waals surface area contributed by atoms with Crippen LogP contribution in [0.1, 0.15) is 25.0 Å². The lowest BCUT2D eigenvalue weighted by Gasteiger charge is -2.10. The van der Waals surface area contributed by atoms with Crippen molar-refractivity contribution in [3.05, 3.63) is 88.8 Å². The van der Waals surface area contributed by atoms with E-state index in [1.54, 1.807) is 20.1 Å². The van der Waals surface area contributed by atoms with Crippen molar-refractivity contribution in [1.82, 2.24) is 5.32 Å². The third kappa shape index (κ3) is 7.48. The Morgan fingerprint density at radius 1 is 1.07 bits per heavy atom. The molecule has 0 fully saturated rings. The zero-order valence-corrected chi connectivity index (χ0v) is 16.7. The van der Waals surface area contributed by atoms with E-state index in [1.165, 1.54) is 7.11 Å². The number of hydrogen-bond acceptors (Lipinski definition) is 5. The number of aliphatic imine (C=N–C) groups is 1. The number of benzene rings is 2. The van der Waals surface area contributed by atoms with Crippen molar-refractivity contribution in [3.63, 3.8) is 0 Å². The zero-order chi connectivity index (χ0) is 21.1. The third-order valence-electron chi connectivity index (χ3n) is 3.89. The zero-order valence-electron chi connectivity index (χ0n) is 16.7. The van der Waals surface area contributed by atoms with Crippen molar-refractivity contribution in [2.75, 3.05) is 7.11 Å². The van der Waals surface area contributed by atoms with E-state index in [1.807, 2.05) is 60.7 Å². The van der Waals surface area contributed by atoms with E-state index in [0.717, 1.165) is 11.1 Å². The van der Waals surface area contributed by atoms with E-state index in [-0.39, 0.29) is 6.61 Å². The van der Waals surface area contributed by atoms with Gasteiger partial charge in [-0.05, 0) is 25.0 Å². The number of methoxy groups -OCH3 is 1. The van der Waals surface area contributed by atoms with Gasteiger partial charge in [0, 0.05) is 11.8 Å². The van der Waals surface area contributed by atoms with Crippen LogP contribution in [-0.4, -0.2) is 31.4 Å². The van der Waals surface area contributed by atoms with Crippen molar-refractivity contribution in [2.24, 2.45) is 4.99 Å². The van der Waals surface area contributed by atoms with Crippen molar-refractivity contribution < 1.29 is 19.1 Å². The van der Waals surface area contributed by atoms with Gasteiger partial charge in [0.2, 0.25) is 0 Å². The molecule has 150 valence electrons. The predicted octanol–water partition coefficient (Wildman–Crippen LogP) is 4.02. The molecule has 0 bridgehead atoms. The summed E-state index contributed by atoms with van der Waals surface area (Å²) >= 11 is 0. The van der Waals surface area contributed by atoms with Gasteiger partial charge in [-0.1, -0.05) is 66.4 Å². The number of nitrogens with zero attached hydrogens (tertiary/aromatic N) is 1. The van der Waals surface area contributed by atoms with Crippen LogP contribution in [0.3, 0.4) is 0 Å². The van der Waals surface area contributed by atoms with Gasteiger partial charge >= 0.3 is 12.1 Å². The Morgan fingerprint density at radius 2 is 1.69 bits per heavy atom. The molecule has 2 aromatic carbocycles. The smallest absolute Gasteiger partial charge is 0.412 e. The first-order chi connectivity index (χ1) is 14.0. The van der Waals surface area contributed by atoms with Gasteiger partial charge in [0.15, 0.2) is 6.04 Å². The number of hydrogen-bond donors (Lipinski definition) is 1. The molecule has 1 atom stereocenters. The molecule has 6 nitrogen and oxygen atoms in total. The monoisotopic (exact) mass is 392 g/mol. The van der Waals surface area contributed by atoms with E-state index in [0.29, 0.717) is 11.3 Å². The van der Waals surface area contributed by atoms with Crippen molar-refractivity contribution in [2.45, 2.75) is 26.5 Å². The van der Waals surface area contributed by atoms with Gasteiger partial charge in [0.05, 0.1) is 12.8 Å². The van der Waals surface area contributed by atoms with Crippen LogP contribution >= 0.6 is 0 Å². The minimum absolute atomic E-state index is 0.162. The molecule has 0 aliphatic rings. The van der Waals surface area contributed by atoms with Gasteiger partial charge in [-0.15, -0.1) is 0 Å². The van der Waals surface area contributed by atoms with Crippen LogP contribution in [0.5, 0.6) is 0 Å². The number of nitrogens with one attached hydrogen (secondary N) is 1. The number of alkyl carbamates (subject to hydrolysis) is 1. The lowest BCUT2D eigenvalue weighted by atomic mass is 10.1. The maximum atomic E-state index is 12.1. The average molecular weight is 392 g/mol. The second-order valence-corrected chi connectivity index (χ2v) is 6.23. The Morgan fingerprint density at radius 3 is 2.31 bits per heavy atom. The standard InChI is InChI=1S/C23H24N2O4/c1-17(21(22(26)28-3)24-15-19-10-6-4-7-11-19)14-18(2)25-23(27)29-16-20-12-8-5-9-13-20/h4-13,15,21H,16H2,1-3H3,(H,25,27)/t14?,21-/m0/s1. The molecule has 0 saturated carbocycles. The number of carbonyl (C=O) groups excluding carboxylic acids is 2. The van der Waals surface area contributed by atoms with Crippen LogP contribution in [0.15, 0.2) is 82.7 Å². The Balaban J connectivity index is 2.07. The summed E-state index contributed by atoms with van der Waals surface area (Å²) < 4.78 is 10.0. The summed E-state index contributed by atoms with van der Waals surface area (Å²) in [6.07, 6.45) is 0.998. The SMILES string of the molecule is COC(=O)[C@@H](N=Cc1ccccc1)C(C)=C=C(C)NC(=O)OCc1ccccc1. The Bertz CT molecular complexity index is 914. The molecule has 0 aliphatic carbocycles. The fourth-order valence-corrected chi connectivity index (χ4v) is 2.47. The highest BCUT2D eigenvalue weighted by Crippen LogP contribution is 2.09. The molecular formula is C23H24N2O4. The van der Waals surface area contributed by atoms with Crippen LogP contribution in [-0.2, 0) is 20.9 Å². The van der Waals surface area contributed by atoms with Crippen molar-refractivity contribution in [1.29, 1.82) is 0 Å². The summed E-state index contributed by atoms with van der Waals surface area (Å²) in [6, 6.07) is 17.9. The molecule has 0 saturated heterocycles. The van der Waals surface area contributed by atoms with Crippen molar-refractivity contribution in [3.8, 4) is 0 Å². The summed E-state index contributed by atoms with van der Waals surface area (Å²) in [5.74, 6) is -0.512. The second-order valence-electron chi connectivity index (χ2n) is 6.23. The fraction of sp³-hybridized carbons (Fsp3) is 0.217. The van der Waals surface area contributed by atoms with E-state index < -0.39 is 18.1 Å². The van der Waals surface area contributed by atoms with E-state index in [2.05, 4.69) is 16.0 Å². The Labute approximate surface area is 170 Å². The topological polar surface area (TPSA) is 77.0 Å². The molecule has 2 rings (SSSR count). The van der Waals surface area contributed by atoms with E-state index in [4.69, 9.17) is 9.47 Å². The summed E-state index contributed by atoms with van der Waals surface area (Å²) in [7, 11) is 1.30. The lowest BCUT2D eigenvalue weighted by Crippen LogP contribution is -2.23.